The van der Waals surface area contributed by atoms with E-state index in [0.717, 1.165) is 11.3 Å². The summed E-state index contributed by atoms with van der Waals surface area (Å²) in [4.78, 5) is 48.7. The standard InChI is InChI=1S/C33H38ClN3O4S/c1-5-18-35(23-13-8-7-9-14-23)29(39)25-26-30(40)37(20-11-21-38)28(33(26)17-16-32(25,4)42-33)31(41)36(19-6-2)27-22(3)12-10-15-24(27)34/h5-10,12-15,25-26,28,38H,1-2,11,16-21H2,3-4H3/t25-,26+,28?,32+,33?/m1/s1. The van der Waals surface area contributed by atoms with Crippen molar-refractivity contribution in [2.24, 2.45) is 11.8 Å². The Morgan fingerprint density at radius 1 is 1.07 bits per heavy atom. The number of hydrogen-bond donors (Lipinski definition) is 1. The van der Waals surface area contributed by atoms with E-state index >= 15 is 0 Å². The highest BCUT2D eigenvalue weighted by Gasteiger charge is 2.77. The Bertz CT molecular complexity index is 1380. The molecule has 2 aromatic carbocycles. The predicted molar refractivity (Wildman–Crippen MR) is 170 cm³/mol. The Morgan fingerprint density at radius 3 is 2.40 bits per heavy atom. The number of aryl methyl sites for hydroxylation is 1. The average molecular weight is 608 g/mol. The minimum Gasteiger partial charge on any atom is -0.396 e. The first-order valence-electron chi connectivity index (χ1n) is 14.4. The van der Waals surface area contributed by atoms with E-state index in [2.05, 4.69) is 20.1 Å². The number of carbonyl (C=O) groups excluding carboxylic acids is 3. The van der Waals surface area contributed by atoms with Crippen LogP contribution in [0.3, 0.4) is 0 Å². The number of hydrogen-bond acceptors (Lipinski definition) is 5. The number of halogens is 1. The molecule has 0 radical (unpaired) electrons. The van der Waals surface area contributed by atoms with Gasteiger partial charge in [0.2, 0.25) is 11.8 Å². The smallest absolute Gasteiger partial charge is 0.251 e. The number of aliphatic hydroxyl groups excluding tert-OH is 1. The molecule has 5 atom stereocenters. The van der Waals surface area contributed by atoms with Gasteiger partial charge in [0.15, 0.2) is 0 Å². The number of rotatable bonds is 11. The summed E-state index contributed by atoms with van der Waals surface area (Å²) in [6, 6.07) is 14.1. The molecule has 1 N–H and O–H groups in total. The number of amides is 3. The quantitative estimate of drug-likeness (QED) is 0.353. The second-order valence-corrected chi connectivity index (χ2v) is 13.9. The topological polar surface area (TPSA) is 81.2 Å². The van der Waals surface area contributed by atoms with Crippen LogP contribution in [-0.4, -0.2) is 69.5 Å². The van der Waals surface area contributed by atoms with E-state index in [0.29, 0.717) is 36.5 Å². The molecular formula is C33H38ClN3O4S. The van der Waals surface area contributed by atoms with Crippen LogP contribution >= 0.6 is 23.4 Å². The van der Waals surface area contributed by atoms with Gasteiger partial charge in [-0.05, 0) is 56.9 Å². The van der Waals surface area contributed by atoms with Crippen LogP contribution < -0.4 is 9.80 Å². The summed E-state index contributed by atoms with van der Waals surface area (Å²) in [5, 5.41) is 10.2. The third-order valence-corrected chi connectivity index (χ3v) is 11.3. The summed E-state index contributed by atoms with van der Waals surface area (Å²) in [6.45, 7) is 12.4. The zero-order valence-corrected chi connectivity index (χ0v) is 25.7. The van der Waals surface area contributed by atoms with Crippen molar-refractivity contribution in [3.8, 4) is 0 Å². The van der Waals surface area contributed by atoms with Crippen molar-refractivity contribution >= 4 is 52.5 Å². The van der Waals surface area contributed by atoms with E-state index in [9.17, 15) is 19.5 Å². The SMILES string of the molecule is C=CCN(C(=O)[C@H]1[C@H]2C(=O)N(CCCO)C(C(=O)N(CC=C)c3c(C)cccc3Cl)C23CC[C@]1(C)S3)c1ccccc1. The first-order valence-corrected chi connectivity index (χ1v) is 15.6. The molecular weight excluding hydrogens is 570 g/mol. The van der Waals surface area contributed by atoms with Gasteiger partial charge >= 0.3 is 0 Å². The maximum absolute atomic E-state index is 14.8. The molecule has 7 nitrogen and oxygen atoms in total. The maximum atomic E-state index is 14.8. The largest absolute Gasteiger partial charge is 0.396 e. The lowest BCUT2D eigenvalue weighted by atomic mass is 9.66. The summed E-state index contributed by atoms with van der Waals surface area (Å²) in [7, 11) is 0. The van der Waals surface area contributed by atoms with Crippen LogP contribution in [0.15, 0.2) is 73.8 Å². The number of carbonyl (C=O) groups is 3. The zero-order valence-electron chi connectivity index (χ0n) is 24.2. The molecule has 3 saturated heterocycles. The Labute approximate surface area is 257 Å². The van der Waals surface area contributed by atoms with Crippen LogP contribution in [0.5, 0.6) is 0 Å². The molecule has 5 rings (SSSR count). The lowest BCUT2D eigenvalue weighted by molar-refractivity contribution is -0.139. The summed E-state index contributed by atoms with van der Waals surface area (Å²) >= 11 is 8.28. The number of benzene rings is 2. The molecule has 3 amide bonds. The number of thioether (sulfide) groups is 1. The highest BCUT2D eigenvalue weighted by molar-refractivity contribution is 8.02. The van der Waals surface area contributed by atoms with Gasteiger partial charge in [-0.25, -0.2) is 0 Å². The van der Waals surface area contributed by atoms with Crippen LogP contribution in [0.2, 0.25) is 5.02 Å². The molecule has 9 heteroatoms. The Morgan fingerprint density at radius 2 is 1.76 bits per heavy atom. The van der Waals surface area contributed by atoms with Gasteiger partial charge in [0.25, 0.3) is 5.91 Å². The monoisotopic (exact) mass is 607 g/mol. The molecule has 42 heavy (non-hydrogen) atoms. The number of fused-ring (bicyclic) bond motifs is 1. The fourth-order valence-electron chi connectivity index (χ4n) is 7.32. The average Bonchev–Trinajstić information content (AvgIpc) is 3.54. The first-order chi connectivity index (χ1) is 20.1. The van der Waals surface area contributed by atoms with Crippen LogP contribution in [0.4, 0.5) is 11.4 Å². The number of nitrogens with zero attached hydrogens (tertiary/aromatic N) is 3. The van der Waals surface area contributed by atoms with E-state index in [-0.39, 0.29) is 37.4 Å². The van der Waals surface area contributed by atoms with Gasteiger partial charge in [0.05, 0.1) is 27.3 Å². The van der Waals surface area contributed by atoms with Crippen molar-refractivity contribution in [3.63, 3.8) is 0 Å². The molecule has 2 bridgehead atoms. The molecule has 2 aromatic rings. The molecule has 1 spiro atoms. The van der Waals surface area contributed by atoms with Gasteiger partial charge in [-0.2, -0.15) is 0 Å². The molecule has 2 unspecified atom stereocenters. The molecule has 3 fully saturated rings. The highest BCUT2D eigenvalue weighted by atomic mass is 35.5. The number of anilines is 2. The minimum absolute atomic E-state index is 0.114. The summed E-state index contributed by atoms with van der Waals surface area (Å²) in [5.41, 5.74) is 2.18. The lowest BCUT2D eigenvalue weighted by Gasteiger charge is -2.38. The van der Waals surface area contributed by atoms with Crippen LogP contribution in [0, 0.1) is 18.8 Å². The molecule has 3 aliphatic heterocycles. The van der Waals surface area contributed by atoms with Crippen molar-refractivity contribution in [1.82, 2.24) is 4.90 Å². The van der Waals surface area contributed by atoms with Gasteiger partial charge in [-0.15, -0.1) is 24.9 Å². The van der Waals surface area contributed by atoms with Gasteiger partial charge in [0, 0.05) is 36.7 Å². The first kappa shape index (κ1) is 30.4. The molecule has 0 aromatic heterocycles. The fraction of sp³-hybridized carbons (Fsp3) is 0.424. The normalized spacial score (nSPS) is 27.6. The van der Waals surface area contributed by atoms with Crippen LogP contribution in [0.1, 0.15) is 31.7 Å². The van der Waals surface area contributed by atoms with Crippen molar-refractivity contribution in [3.05, 3.63) is 84.4 Å². The minimum atomic E-state index is -0.814. The van der Waals surface area contributed by atoms with Gasteiger partial charge in [-0.3, -0.25) is 14.4 Å². The van der Waals surface area contributed by atoms with Crippen molar-refractivity contribution in [2.75, 3.05) is 36.0 Å². The molecule has 222 valence electrons. The molecule has 0 saturated carbocycles. The van der Waals surface area contributed by atoms with Crippen molar-refractivity contribution in [1.29, 1.82) is 0 Å². The van der Waals surface area contributed by atoms with Gasteiger partial charge in [-0.1, -0.05) is 54.1 Å². The van der Waals surface area contributed by atoms with Gasteiger partial charge in [0.1, 0.15) is 6.04 Å². The third kappa shape index (κ3) is 4.77. The lowest BCUT2D eigenvalue weighted by Crippen LogP contribution is -2.55. The number of para-hydroxylation sites is 2. The number of aliphatic hydroxyl groups is 1. The van der Waals surface area contributed by atoms with Crippen LogP contribution in [-0.2, 0) is 14.4 Å². The van der Waals surface area contributed by atoms with E-state index < -0.39 is 27.4 Å². The Balaban J connectivity index is 1.61. The molecule has 0 aliphatic carbocycles. The third-order valence-electron chi connectivity index (χ3n) is 9.02. The summed E-state index contributed by atoms with van der Waals surface area (Å²) in [6.07, 6.45) is 5.02. The van der Waals surface area contributed by atoms with Gasteiger partial charge < -0.3 is 19.8 Å². The van der Waals surface area contributed by atoms with Crippen molar-refractivity contribution < 1.29 is 19.5 Å². The molecule has 3 aliphatic rings. The number of likely N-dealkylation sites (tertiary alicyclic amines) is 1. The maximum Gasteiger partial charge on any atom is 0.251 e. The second-order valence-electron chi connectivity index (χ2n) is 11.6. The summed E-state index contributed by atoms with van der Waals surface area (Å²) in [5.74, 6) is -1.85. The van der Waals surface area contributed by atoms with E-state index in [1.165, 1.54) is 0 Å². The predicted octanol–water partition coefficient (Wildman–Crippen LogP) is 5.25. The zero-order chi connectivity index (χ0) is 30.2. The second kappa shape index (κ2) is 11.9. The summed E-state index contributed by atoms with van der Waals surface area (Å²) < 4.78 is -1.30. The van der Waals surface area contributed by atoms with Crippen molar-refractivity contribution in [2.45, 2.75) is 48.6 Å². The fourth-order valence-corrected chi connectivity index (χ4v) is 9.99. The highest BCUT2D eigenvalue weighted by Crippen LogP contribution is 2.71. The van der Waals surface area contributed by atoms with E-state index in [1.807, 2.05) is 49.4 Å². The Kier molecular flexibility index (Phi) is 8.61. The Hall–Kier alpha value is -3.07. The molecule has 3 heterocycles. The van der Waals surface area contributed by atoms with E-state index in [1.54, 1.807) is 44.7 Å². The van der Waals surface area contributed by atoms with Crippen LogP contribution in [0.25, 0.3) is 0 Å². The van der Waals surface area contributed by atoms with E-state index in [4.69, 9.17) is 11.6 Å².